The van der Waals surface area contributed by atoms with Crippen molar-refractivity contribution in [3.8, 4) is 22.6 Å². The van der Waals surface area contributed by atoms with Gasteiger partial charge in [-0.1, -0.05) is 55.3 Å². The van der Waals surface area contributed by atoms with Crippen molar-refractivity contribution in [3.05, 3.63) is 69.5 Å². The van der Waals surface area contributed by atoms with Gasteiger partial charge >= 0.3 is 5.69 Å². The van der Waals surface area contributed by atoms with Crippen LogP contribution in [-0.4, -0.2) is 34.7 Å². The molecule has 0 unspecified atom stereocenters. The van der Waals surface area contributed by atoms with Crippen LogP contribution in [0.1, 0.15) is 31.0 Å². The van der Waals surface area contributed by atoms with Gasteiger partial charge < -0.3 is 0 Å². The molecule has 3 heterocycles. The SMILES string of the molecule is CCCCc1c(Cl)n(C)c(=O)n1Cc1ccc(-c2cccnc2-c2nnn[nH]2)cc1. The number of nitrogens with zero attached hydrogens (tertiary/aromatic N) is 6. The summed E-state index contributed by atoms with van der Waals surface area (Å²) in [4.78, 5) is 17.1. The van der Waals surface area contributed by atoms with E-state index in [-0.39, 0.29) is 5.69 Å². The second kappa shape index (κ2) is 8.62. The van der Waals surface area contributed by atoms with Gasteiger partial charge in [0.25, 0.3) is 0 Å². The van der Waals surface area contributed by atoms with Crippen LogP contribution in [0.25, 0.3) is 22.6 Å². The molecule has 9 heteroatoms. The van der Waals surface area contributed by atoms with Crippen LogP contribution in [-0.2, 0) is 20.0 Å². The number of imidazole rings is 1. The second-order valence-corrected chi connectivity index (χ2v) is 7.47. The van der Waals surface area contributed by atoms with Gasteiger partial charge in [-0.25, -0.2) is 9.89 Å². The summed E-state index contributed by atoms with van der Waals surface area (Å²) in [5.74, 6) is 0.515. The smallest absolute Gasteiger partial charge is 0.290 e. The lowest BCUT2D eigenvalue weighted by atomic mass is 10.0. The third-order valence-corrected chi connectivity index (χ3v) is 5.60. The maximum atomic E-state index is 12.7. The molecule has 4 aromatic rings. The van der Waals surface area contributed by atoms with E-state index in [1.165, 1.54) is 4.57 Å². The van der Waals surface area contributed by atoms with Crippen LogP contribution >= 0.6 is 11.6 Å². The van der Waals surface area contributed by atoms with Crippen LogP contribution < -0.4 is 5.69 Å². The molecule has 0 fully saturated rings. The van der Waals surface area contributed by atoms with Crippen molar-refractivity contribution >= 4 is 11.6 Å². The highest BCUT2D eigenvalue weighted by Gasteiger charge is 2.16. The summed E-state index contributed by atoms with van der Waals surface area (Å²) in [7, 11) is 1.71. The van der Waals surface area contributed by atoms with Crippen molar-refractivity contribution in [1.82, 2.24) is 34.7 Å². The van der Waals surface area contributed by atoms with Gasteiger partial charge in [0.15, 0.2) is 5.82 Å². The molecule has 0 aliphatic carbocycles. The van der Waals surface area contributed by atoms with Gasteiger partial charge in [0.1, 0.15) is 10.8 Å². The summed E-state index contributed by atoms with van der Waals surface area (Å²) in [5, 5.41) is 14.5. The number of unbranched alkanes of at least 4 members (excludes halogenated alkanes) is 1. The first-order valence-corrected chi connectivity index (χ1v) is 10.2. The molecule has 0 aliphatic heterocycles. The summed E-state index contributed by atoms with van der Waals surface area (Å²) in [5.41, 5.74) is 4.41. The number of pyridine rings is 1. The number of hydrogen-bond donors (Lipinski definition) is 1. The summed E-state index contributed by atoms with van der Waals surface area (Å²) < 4.78 is 3.27. The van der Waals surface area contributed by atoms with Gasteiger partial charge in [-0.3, -0.25) is 14.1 Å². The highest BCUT2D eigenvalue weighted by atomic mass is 35.5. The topological polar surface area (TPSA) is 94.3 Å². The minimum atomic E-state index is -0.0949. The van der Waals surface area contributed by atoms with Crippen LogP contribution in [0.2, 0.25) is 5.15 Å². The average Bonchev–Trinajstić information content (AvgIpc) is 3.38. The lowest BCUT2D eigenvalue weighted by molar-refractivity contribution is 0.667. The number of halogens is 1. The lowest BCUT2D eigenvalue weighted by Gasteiger charge is -2.10. The number of rotatable bonds is 7. The fourth-order valence-electron chi connectivity index (χ4n) is 3.49. The molecular formula is C21H22ClN7O. The van der Waals surface area contributed by atoms with Gasteiger partial charge in [0.2, 0.25) is 0 Å². The van der Waals surface area contributed by atoms with Gasteiger partial charge in [-0.15, -0.1) is 5.10 Å². The van der Waals surface area contributed by atoms with Crippen molar-refractivity contribution in [2.24, 2.45) is 7.05 Å². The third-order valence-electron chi connectivity index (χ3n) is 5.13. The molecule has 0 bridgehead atoms. The van der Waals surface area contributed by atoms with E-state index in [0.29, 0.717) is 23.2 Å². The number of H-pyrrole nitrogens is 1. The van der Waals surface area contributed by atoms with Crippen molar-refractivity contribution in [3.63, 3.8) is 0 Å². The number of tetrazole rings is 1. The van der Waals surface area contributed by atoms with Gasteiger partial charge in [-0.05, 0) is 40.5 Å². The van der Waals surface area contributed by atoms with Crippen molar-refractivity contribution < 1.29 is 0 Å². The molecule has 1 N–H and O–H groups in total. The Kier molecular flexibility index (Phi) is 5.76. The Bertz CT molecular complexity index is 1190. The fourth-order valence-corrected chi connectivity index (χ4v) is 3.76. The summed E-state index contributed by atoms with van der Waals surface area (Å²) in [6.45, 7) is 2.60. The number of aromatic amines is 1. The van der Waals surface area contributed by atoms with E-state index >= 15 is 0 Å². The van der Waals surface area contributed by atoms with E-state index in [1.54, 1.807) is 17.8 Å². The van der Waals surface area contributed by atoms with Crippen LogP contribution in [0.5, 0.6) is 0 Å². The number of nitrogens with one attached hydrogen (secondary N) is 1. The Labute approximate surface area is 178 Å². The molecule has 0 amide bonds. The Morgan fingerprint density at radius 2 is 1.97 bits per heavy atom. The predicted molar refractivity (Wildman–Crippen MR) is 115 cm³/mol. The number of hydrogen-bond acceptors (Lipinski definition) is 5. The molecule has 0 saturated heterocycles. The highest BCUT2D eigenvalue weighted by Crippen LogP contribution is 2.28. The zero-order chi connectivity index (χ0) is 21.1. The quantitative estimate of drug-likeness (QED) is 0.491. The molecule has 0 radical (unpaired) electrons. The van der Waals surface area contributed by atoms with E-state index < -0.39 is 0 Å². The Morgan fingerprint density at radius 3 is 2.67 bits per heavy atom. The Morgan fingerprint density at radius 1 is 1.17 bits per heavy atom. The first-order chi connectivity index (χ1) is 14.6. The van der Waals surface area contributed by atoms with Crippen molar-refractivity contribution in [2.45, 2.75) is 32.7 Å². The average molecular weight is 424 g/mol. The number of benzene rings is 1. The molecule has 0 aliphatic rings. The Hall–Kier alpha value is -3.26. The van der Waals surface area contributed by atoms with Gasteiger partial charge in [0, 0.05) is 18.8 Å². The molecule has 0 atom stereocenters. The molecule has 4 rings (SSSR count). The van der Waals surface area contributed by atoms with Crippen LogP contribution in [0.15, 0.2) is 47.4 Å². The summed E-state index contributed by atoms with van der Waals surface area (Å²) in [6, 6.07) is 11.9. The molecule has 0 spiro atoms. The van der Waals surface area contributed by atoms with E-state index in [4.69, 9.17) is 11.6 Å². The highest BCUT2D eigenvalue weighted by molar-refractivity contribution is 6.30. The fraction of sp³-hybridized carbons (Fsp3) is 0.286. The minimum Gasteiger partial charge on any atom is -0.290 e. The standard InChI is InChI=1S/C21H22ClN7O/c1-3-4-7-17-19(22)28(2)21(30)29(17)13-14-8-10-15(11-9-14)16-6-5-12-23-18(16)20-24-26-27-25-20/h5-6,8-12H,3-4,7,13H2,1-2H3,(H,24,25,26,27). The van der Waals surface area contributed by atoms with E-state index in [0.717, 1.165) is 41.6 Å². The largest absolute Gasteiger partial charge is 0.329 e. The zero-order valence-corrected chi connectivity index (χ0v) is 17.6. The molecule has 1 aromatic carbocycles. The van der Waals surface area contributed by atoms with E-state index in [2.05, 4.69) is 32.5 Å². The minimum absolute atomic E-state index is 0.0949. The van der Waals surface area contributed by atoms with E-state index in [9.17, 15) is 4.79 Å². The summed E-state index contributed by atoms with van der Waals surface area (Å²) in [6.07, 6.45) is 4.53. The van der Waals surface area contributed by atoms with Gasteiger partial charge in [0.05, 0.1) is 12.2 Å². The van der Waals surface area contributed by atoms with Gasteiger partial charge in [-0.2, -0.15) is 0 Å². The normalized spacial score (nSPS) is 11.2. The first-order valence-electron chi connectivity index (χ1n) is 9.82. The number of aromatic nitrogens is 7. The molecule has 30 heavy (non-hydrogen) atoms. The zero-order valence-electron chi connectivity index (χ0n) is 16.8. The molecule has 0 saturated carbocycles. The molecule has 3 aromatic heterocycles. The van der Waals surface area contributed by atoms with E-state index in [1.807, 2.05) is 36.4 Å². The monoisotopic (exact) mass is 423 g/mol. The molecule has 154 valence electrons. The second-order valence-electron chi connectivity index (χ2n) is 7.12. The first kappa shape index (κ1) is 20.0. The van der Waals surface area contributed by atoms with Crippen LogP contribution in [0.3, 0.4) is 0 Å². The maximum Gasteiger partial charge on any atom is 0.329 e. The predicted octanol–water partition coefficient (Wildman–Crippen LogP) is 3.47. The maximum absolute atomic E-state index is 12.7. The lowest BCUT2D eigenvalue weighted by Crippen LogP contribution is -2.24. The van der Waals surface area contributed by atoms with Crippen LogP contribution in [0.4, 0.5) is 0 Å². The third kappa shape index (κ3) is 3.78. The molecule has 8 nitrogen and oxygen atoms in total. The van der Waals surface area contributed by atoms with Crippen LogP contribution in [0, 0.1) is 0 Å². The van der Waals surface area contributed by atoms with Crippen molar-refractivity contribution in [2.75, 3.05) is 0 Å². The van der Waals surface area contributed by atoms with Crippen molar-refractivity contribution in [1.29, 1.82) is 0 Å². The summed E-state index contributed by atoms with van der Waals surface area (Å²) >= 11 is 6.41. The molecular weight excluding hydrogens is 402 g/mol. The Balaban J connectivity index is 1.64.